The highest BCUT2D eigenvalue weighted by Gasteiger charge is 2.28. The number of carboxylic acid groups (broad SMARTS) is 1. The van der Waals surface area contributed by atoms with E-state index in [0.717, 1.165) is 30.7 Å². The molecule has 164 valence electrons. The van der Waals surface area contributed by atoms with Gasteiger partial charge in [-0.25, -0.2) is 9.78 Å². The van der Waals surface area contributed by atoms with Gasteiger partial charge in [0.05, 0.1) is 11.4 Å². The van der Waals surface area contributed by atoms with Gasteiger partial charge in [-0.1, -0.05) is 49.6 Å². The van der Waals surface area contributed by atoms with Crippen molar-refractivity contribution in [3.8, 4) is 0 Å². The zero-order chi connectivity index (χ0) is 22.4. The van der Waals surface area contributed by atoms with Crippen molar-refractivity contribution in [1.82, 2.24) is 9.97 Å². The van der Waals surface area contributed by atoms with Gasteiger partial charge in [-0.15, -0.1) is 11.3 Å². The maximum absolute atomic E-state index is 13.0. The molecule has 8 heteroatoms. The van der Waals surface area contributed by atoms with E-state index in [4.69, 9.17) is 11.6 Å². The van der Waals surface area contributed by atoms with Crippen LogP contribution in [0.25, 0.3) is 0 Å². The van der Waals surface area contributed by atoms with Gasteiger partial charge in [0.15, 0.2) is 0 Å². The lowest BCUT2D eigenvalue weighted by molar-refractivity contribution is -0.139. The van der Waals surface area contributed by atoms with Crippen molar-refractivity contribution in [2.45, 2.75) is 51.5 Å². The lowest BCUT2D eigenvalue weighted by Gasteiger charge is -2.24. The number of aliphatic carboxylic acids is 1. The van der Waals surface area contributed by atoms with Crippen LogP contribution >= 0.6 is 22.9 Å². The zero-order valence-electron chi connectivity index (χ0n) is 17.5. The topological polar surface area (TPSA) is 86.3 Å². The average molecular weight is 460 g/mol. The van der Waals surface area contributed by atoms with Gasteiger partial charge < -0.3 is 10.1 Å². The Bertz CT molecular complexity index is 1020. The minimum atomic E-state index is -1.05. The van der Waals surface area contributed by atoms with Gasteiger partial charge in [-0.3, -0.25) is 9.69 Å². The van der Waals surface area contributed by atoms with Gasteiger partial charge in [-0.05, 0) is 42.5 Å². The number of hydrogen-bond acceptors (Lipinski definition) is 4. The summed E-state index contributed by atoms with van der Waals surface area (Å²) in [4.78, 5) is 33.7. The molecule has 0 saturated heterocycles. The van der Waals surface area contributed by atoms with Crippen molar-refractivity contribution in [2.75, 3.05) is 4.90 Å². The van der Waals surface area contributed by atoms with Crippen molar-refractivity contribution >= 4 is 39.8 Å². The van der Waals surface area contributed by atoms with Crippen molar-refractivity contribution in [3.63, 3.8) is 0 Å². The number of unbranched alkanes of at least 4 members (excludes halogenated alkanes) is 1. The number of carboxylic acids is 1. The summed E-state index contributed by atoms with van der Waals surface area (Å²) < 4.78 is 0. The third kappa shape index (κ3) is 5.54. The van der Waals surface area contributed by atoms with Gasteiger partial charge in [-0.2, -0.15) is 0 Å². The molecule has 1 aromatic carbocycles. The molecule has 3 rings (SSSR count). The van der Waals surface area contributed by atoms with Crippen LogP contribution in [-0.4, -0.2) is 33.0 Å². The predicted octanol–water partition coefficient (Wildman–Crippen LogP) is 5.50. The van der Waals surface area contributed by atoms with Crippen LogP contribution in [0.4, 0.5) is 5.00 Å². The first-order valence-electron chi connectivity index (χ1n) is 10.3. The number of nitrogens with one attached hydrogen (secondary N) is 1. The van der Waals surface area contributed by atoms with Gasteiger partial charge in [0.25, 0.3) is 0 Å². The van der Waals surface area contributed by atoms with E-state index < -0.39 is 12.0 Å². The molecule has 0 aliphatic carbocycles. The summed E-state index contributed by atoms with van der Waals surface area (Å²) in [6.45, 7) is 3.65. The normalized spacial score (nSPS) is 13.0. The van der Waals surface area contributed by atoms with Crippen LogP contribution in [0.1, 0.15) is 56.1 Å². The Morgan fingerprint density at radius 3 is 2.68 bits per heavy atom. The van der Waals surface area contributed by atoms with Crippen molar-refractivity contribution in [2.24, 2.45) is 0 Å². The van der Waals surface area contributed by atoms with E-state index >= 15 is 0 Å². The maximum atomic E-state index is 13.0. The summed E-state index contributed by atoms with van der Waals surface area (Å²) in [6, 6.07) is 10.3. The number of thiophene rings is 1. The monoisotopic (exact) mass is 459 g/mol. The highest BCUT2D eigenvalue weighted by molar-refractivity contribution is 7.14. The first-order chi connectivity index (χ1) is 14.9. The molecule has 1 amide bonds. The largest absolute Gasteiger partial charge is 0.480 e. The van der Waals surface area contributed by atoms with Crippen molar-refractivity contribution in [3.05, 3.63) is 70.1 Å². The molecule has 0 radical (unpaired) electrons. The second-order valence-corrected chi connectivity index (χ2v) is 8.75. The summed E-state index contributed by atoms with van der Waals surface area (Å²) in [7, 11) is 0. The minimum absolute atomic E-state index is 0.00356. The first-order valence-corrected chi connectivity index (χ1v) is 11.5. The number of imidazole rings is 1. The summed E-state index contributed by atoms with van der Waals surface area (Å²) in [6.07, 6.45) is 4.65. The molecule has 31 heavy (non-hydrogen) atoms. The number of amides is 1. The fourth-order valence-electron chi connectivity index (χ4n) is 3.54. The molecule has 2 aromatic heterocycles. The van der Waals surface area contributed by atoms with Crippen LogP contribution in [-0.2, 0) is 16.0 Å². The summed E-state index contributed by atoms with van der Waals surface area (Å²) in [5.74, 6) is -0.581. The Morgan fingerprint density at radius 1 is 1.26 bits per heavy atom. The Morgan fingerprint density at radius 2 is 2.03 bits per heavy atom. The quantitative estimate of drug-likeness (QED) is 0.419. The minimum Gasteiger partial charge on any atom is -0.480 e. The molecule has 0 spiro atoms. The van der Waals surface area contributed by atoms with Crippen LogP contribution in [0.3, 0.4) is 0 Å². The average Bonchev–Trinajstić information content (AvgIpc) is 3.42. The number of anilines is 1. The molecule has 0 aliphatic rings. The number of rotatable bonds is 10. The fourth-order valence-corrected chi connectivity index (χ4v) is 4.64. The van der Waals surface area contributed by atoms with E-state index in [0.29, 0.717) is 15.7 Å². The second-order valence-electron chi connectivity index (χ2n) is 7.42. The molecular weight excluding hydrogens is 434 g/mol. The molecule has 6 nitrogen and oxygen atoms in total. The molecule has 2 atom stereocenters. The Balaban J connectivity index is 1.83. The van der Waals surface area contributed by atoms with E-state index in [-0.39, 0.29) is 18.2 Å². The smallest absolute Gasteiger partial charge is 0.326 e. The zero-order valence-corrected chi connectivity index (χ0v) is 19.1. The fraction of sp³-hybridized carbons (Fsp3) is 0.348. The van der Waals surface area contributed by atoms with Crippen molar-refractivity contribution < 1.29 is 14.7 Å². The molecule has 2 heterocycles. The Hall–Kier alpha value is -2.64. The van der Waals surface area contributed by atoms with E-state index in [9.17, 15) is 14.7 Å². The van der Waals surface area contributed by atoms with E-state index in [1.165, 1.54) is 23.2 Å². The second kappa shape index (κ2) is 10.6. The number of benzene rings is 1. The molecule has 0 aliphatic heterocycles. The molecule has 1 unspecified atom stereocenters. The maximum Gasteiger partial charge on any atom is 0.326 e. The number of aromatic amines is 1. The highest BCUT2D eigenvalue weighted by Crippen LogP contribution is 2.33. The number of H-pyrrole nitrogens is 1. The number of carbonyl (C=O) groups is 2. The SMILES string of the molecule is CCCCC(c1ncc(CC(=O)N(c2cccs2)[C@@H](C)C(=O)O)[nH]1)c1ccccc1Cl. The van der Waals surface area contributed by atoms with Crippen molar-refractivity contribution in [1.29, 1.82) is 0 Å². The highest BCUT2D eigenvalue weighted by atomic mass is 35.5. The summed E-state index contributed by atoms with van der Waals surface area (Å²) >= 11 is 7.78. The van der Waals surface area contributed by atoms with Gasteiger partial charge >= 0.3 is 5.97 Å². The summed E-state index contributed by atoms with van der Waals surface area (Å²) in [5, 5.41) is 12.6. The van der Waals surface area contributed by atoms with Gasteiger partial charge in [0.1, 0.15) is 11.9 Å². The van der Waals surface area contributed by atoms with E-state index in [1.807, 2.05) is 29.6 Å². The number of aromatic nitrogens is 2. The van der Waals surface area contributed by atoms with Crippen LogP contribution in [0.5, 0.6) is 0 Å². The summed E-state index contributed by atoms with van der Waals surface area (Å²) in [5.41, 5.74) is 1.65. The van der Waals surface area contributed by atoms with Crippen LogP contribution in [0, 0.1) is 0 Å². The Kier molecular flexibility index (Phi) is 7.87. The molecule has 3 aromatic rings. The first kappa shape index (κ1) is 23.0. The van der Waals surface area contributed by atoms with Gasteiger partial charge in [0.2, 0.25) is 5.91 Å². The lowest BCUT2D eigenvalue weighted by atomic mass is 9.93. The Labute approximate surface area is 190 Å². The number of hydrogen-bond donors (Lipinski definition) is 2. The third-order valence-electron chi connectivity index (χ3n) is 5.20. The van der Waals surface area contributed by atoms with Gasteiger partial charge in [0, 0.05) is 22.8 Å². The van der Waals surface area contributed by atoms with Crippen LogP contribution in [0.2, 0.25) is 5.02 Å². The third-order valence-corrected chi connectivity index (χ3v) is 6.42. The standard InChI is InChI=1S/C23H26ClN3O3S/c1-3-4-8-18(17-9-5-6-10-19(17)24)22-25-14-16(26-22)13-20(28)27(15(2)23(29)30)21-11-7-12-31-21/h5-7,9-12,14-15,18H,3-4,8,13H2,1-2H3,(H,25,26)(H,29,30)/t15-,18?/m0/s1. The van der Waals surface area contributed by atoms with Crippen LogP contribution in [0.15, 0.2) is 48.0 Å². The van der Waals surface area contributed by atoms with E-state index in [2.05, 4.69) is 16.9 Å². The molecular formula is C23H26ClN3O3S. The molecule has 0 bridgehead atoms. The number of carbonyl (C=O) groups excluding carboxylic acids is 1. The number of nitrogens with zero attached hydrogens (tertiary/aromatic N) is 2. The molecule has 2 N–H and O–H groups in total. The molecule has 0 fully saturated rings. The van der Waals surface area contributed by atoms with E-state index in [1.54, 1.807) is 18.3 Å². The predicted molar refractivity (Wildman–Crippen MR) is 124 cm³/mol. The van der Waals surface area contributed by atoms with Crippen LogP contribution < -0.4 is 4.90 Å². The molecule has 0 saturated carbocycles. The number of halogens is 1. The lowest BCUT2D eigenvalue weighted by Crippen LogP contribution is -2.43.